The Morgan fingerprint density at radius 1 is 0.280 bits per heavy atom. The lowest BCUT2D eigenvalue weighted by atomic mass is 10.0. The number of nitrogens with zero attached hydrogens (tertiary/aromatic N) is 2. The number of aromatic nitrogens is 2. The fraction of sp³-hybridized carbons (Fsp3) is 0.813. The van der Waals surface area contributed by atoms with E-state index in [1.54, 1.807) is 0 Å². The molecule has 0 aromatic carbocycles. The van der Waals surface area contributed by atoms with Crippen molar-refractivity contribution in [3.63, 3.8) is 0 Å². The molecule has 0 aliphatic carbocycles. The number of hydrogen-bond acceptors (Lipinski definition) is 5. The quantitative estimate of drug-likeness (QED) is 0.0412. The maximum Gasteiger partial charge on any atom is 0.109 e. The first-order valence-corrected chi connectivity index (χ1v) is 40.4. The van der Waals surface area contributed by atoms with Crippen molar-refractivity contribution in [3.8, 4) is 19.5 Å². The summed E-state index contributed by atoms with van der Waals surface area (Å²) in [5, 5.41) is 0. The van der Waals surface area contributed by atoms with Crippen molar-refractivity contribution in [2.24, 2.45) is 0 Å². The lowest BCUT2D eigenvalue weighted by Gasteiger charge is -2.10. The van der Waals surface area contributed by atoms with E-state index in [4.69, 9.17) is 9.97 Å². The molecule has 0 fully saturated rings. The first-order chi connectivity index (χ1) is 40.5. The highest BCUT2D eigenvalue weighted by Gasteiger charge is 2.24. The van der Waals surface area contributed by atoms with Gasteiger partial charge in [0.15, 0.2) is 0 Å². The molecule has 0 unspecified atom stereocenters. The molecule has 4 aromatic heterocycles. The Balaban J connectivity index is 1.27. The third kappa shape index (κ3) is 34.2. The zero-order chi connectivity index (χ0) is 58.2. The Morgan fingerprint density at radius 3 is 0.768 bits per heavy atom. The SMILES string of the molecule is CCCCCCCCCCCCCCCCCCCCc1cc(-c2sc(-c3cc(C)c(Br)s3)c3nc(CCCCCCCCCCCCCCCCCCCC)c(CCCCCCCCCCCCCCCCCCCC)nc23)sc1Br. The van der Waals surface area contributed by atoms with Crippen LogP contribution in [0.4, 0.5) is 0 Å². The van der Waals surface area contributed by atoms with Crippen molar-refractivity contribution in [1.82, 2.24) is 9.97 Å². The minimum Gasteiger partial charge on any atom is -0.248 e. The number of hydrogen-bond donors (Lipinski definition) is 0. The average Bonchev–Trinajstić information content (AvgIpc) is 3.78. The Morgan fingerprint density at radius 2 is 0.512 bits per heavy atom. The van der Waals surface area contributed by atoms with E-state index >= 15 is 0 Å². The maximum absolute atomic E-state index is 5.76. The van der Waals surface area contributed by atoms with Gasteiger partial charge in [-0.3, -0.25) is 0 Å². The molecule has 82 heavy (non-hydrogen) atoms. The summed E-state index contributed by atoms with van der Waals surface area (Å²) in [6.07, 6.45) is 79.7. The van der Waals surface area contributed by atoms with Gasteiger partial charge in [0.25, 0.3) is 0 Å². The van der Waals surface area contributed by atoms with Crippen LogP contribution in [0.2, 0.25) is 0 Å². The van der Waals surface area contributed by atoms with Crippen LogP contribution in [0.15, 0.2) is 19.7 Å². The van der Waals surface area contributed by atoms with Crippen LogP contribution in [0.5, 0.6) is 0 Å². The molecule has 0 aliphatic heterocycles. The number of halogens is 2. The van der Waals surface area contributed by atoms with Gasteiger partial charge in [-0.15, -0.1) is 34.0 Å². The highest BCUT2D eigenvalue weighted by Crippen LogP contribution is 2.49. The normalized spacial score (nSPS) is 11.9. The Labute approximate surface area is 538 Å². The van der Waals surface area contributed by atoms with Crippen LogP contribution in [0.25, 0.3) is 30.5 Å². The third-order valence-corrected chi connectivity index (χ3v) is 23.7. The first kappa shape index (κ1) is 73.9. The molecule has 0 N–H and O–H groups in total. The van der Waals surface area contributed by atoms with Gasteiger partial charge in [-0.1, -0.05) is 348 Å². The maximum atomic E-state index is 5.76. The van der Waals surface area contributed by atoms with E-state index in [9.17, 15) is 0 Å². The fourth-order valence-corrected chi connectivity index (χ4v) is 17.3. The van der Waals surface area contributed by atoms with Crippen molar-refractivity contribution in [2.45, 2.75) is 394 Å². The van der Waals surface area contributed by atoms with E-state index in [0.717, 1.165) is 30.3 Å². The standard InChI is InChI=1S/C75H128Br2N2S3/c1-5-8-11-14-17-20-23-26-29-32-35-38-41-44-47-50-53-56-59-65-63-69(81-75(65)77)73-71-70(72(82-73)68-62-64(4)74(76)80-68)78-66(60-57-54-51-48-45-42-39-36-33-30-27-24-21-18-15-12-9-6-2)67(79-71)61-58-55-52-49-46-43-40-37-34-31-28-25-22-19-16-13-10-7-3/h62-63H,5-61H2,1-4H3. The summed E-state index contributed by atoms with van der Waals surface area (Å²) in [5.74, 6) is 0. The third-order valence-electron chi connectivity index (χ3n) is 18.1. The minimum atomic E-state index is 1.06. The van der Waals surface area contributed by atoms with E-state index in [1.807, 2.05) is 34.0 Å². The number of fused-ring (bicyclic) bond motifs is 1. The predicted octanol–water partition coefficient (Wildman–Crippen LogP) is 29.7. The number of thiophene rings is 3. The van der Waals surface area contributed by atoms with Gasteiger partial charge in [-0.05, 0) is 101 Å². The molecule has 0 atom stereocenters. The highest BCUT2D eigenvalue weighted by atomic mass is 79.9. The molecule has 0 saturated heterocycles. The smallest absolute Gasteiger partial charge is 0.109 e. The largest absolute Gasteiger partial charge is 0.248 e. The molecule has 0 bridgehead atoms. The van der Waals surface area contributed by atoms with Crippen LogP contribution in [0, 0.1) is 6.92 Å². The van der Waals surface area contributed by atoms with Crippen molar-refractivity contribution in [1.29, 1.82) is 0 Å². The lowest BCUT2D eigenvalue weighted by molar-refractivity contribution is 0.524. The summed E-state index contributed by atoms with van der Waals surface area (Å²) in [6, 6.07) is 4.89. The molecular formula is C75H128Br2N2S3. The van der Waals surface area contributed by atoms with Crippen molar-refractivity contribution in [2.75, 3.05) is 0 Å². The molecule has 4 rings (SSSR count). The van der Waals surface area contributed by atoms with Crippen LogP contribution in [-0.4, -0.2) is 9.97 Å². The first-order valence-electron chi connectivity index (χ1n) is 36.3. The van der Waals surface area contributed by atoms with E-state index in [0.29, 0.717) is 0 Å². The van der Waals surface area contributed by atoms with Gasteiger partial charge < -0.3 is 0 Å². The van der Waals surface area contributed by atoms with Crippen LogP contribution >= 0.6 is 65.9 Å². The van der Waals surface area contributed by atoms with Gasteiger partial charge in [0.2, 0.25) is 0 Å². The monoisotopic (exact) mass is 1310 g/mol. The van der Waals surface area contributed by atoms with Crippen LogP contribution < -0.4 is 0 Å². The van der Waals surface area contributed by atoms with Gasteiger partial charge in [0.05, 0.1) is 28.7 Å². The highest BCUT2D eigenvalue weighted by molar-refractivity contribution is 9.11. The molecule has 0 aliphatic rings. The Kier molecular flexibility index (Phi) is 46.2. The summed E-state index contributed by atoms with van der Waals surface area (Å²) in [7, 11) is 0. The number of aryl methyl sites for hydroxylation is 4. The number of unbranched alkanes of at least 4 members (excludes halogenated alkanes) is 51. The molecule has 4 aromatic rings. The Bertz CT molecular complexity index is 2060. The zero-order valence-corrected chi connectivity index (χ0v) is 60.0. The van der Waals surface area contributed by atoms with Crippen molar-refractivity contribution in [3.05, 3.63) is 42.2 Å². The van der Waals surface area contributed by atoms with Gasteiger partial charge in [-0.2, -0.15) is 0 Å². The van der Waals surface area contributed by atoms with Gasteiger partial charge >= 0.3 is 0 Å². The van der Waals surface area contributed by atoms with Crippen molar-refractivity contribution >= 4 is 76.9 Å². The second-order valence-electron chi connectivity index (χ2n) is 25.8. The van der Waals surface area contributed by atoms with Gasteiger partial charge in [-0.25, -0.2) is 9.97 Å². The average molecular weight is 1310 g/mol. The summed E-state index contributed by atoms with van der Waals surface area (Å²) >= 11 is 13.7. The molecule has 4 heterocycles. The second kappa shape index (κ2) is 51.3. The van der Waals surface area contributed by atoms with E-state index in [1.165, 1.54) is 396 Å². The van der Waals surface area contributed by atoms with E-state index in [-0.39, 0.29) is 0 Å². The van der Waals surface area contributed by atoms with Crippen LogP contribution in [0.3, 0.4) is 0 Å². The molecule has 7 heteroatoms. The fourth-order valence-electron chi connectivity index (χ4n) is 12.6. The molecular weight excluding hydrogens is 1180 g/mol. The van der Waals surface area contributed by atoms with Gasteiger partial charge in [0, 0.05) is 9.75 Å². The predicted molar refractivity (Wildman–Crippen MR) is 382 cm³/mol. The Hall–Kier alpha value is -0.600. The molecule has 2 nitrogen and oxygen atoms in total. The summed E-state index contributed by atoms with van der Waals surface area (Å²) in [5.41, 5.74) is 7.66. The summed E-state index contributed by atoms with van der Waals surface area (Å²) in [6.45, 7) is 9.18. The second-order valence-corrected chi connectivity index (χ2v) is 31.6. The molecule has 0 spiro atoms. The van der Waals surface area contributed by atoms with Crippen LogP contribution in [-0.2, 0) is 19.3 Å². The van der Waals surface area contributed by atoms with E-state index in [2.05, 4.69) is 71.7 Å². The summed E-state index contributed by atoms with van der Waals surface area (Å²) < 4.78 is 2.54. The molecule has 470 valence electrons. The molecule has 0 radical (unpaired) electrons. The van der Waals surface area contributed by atoms with Crippen LogP contribution in [0.1, 0.15) is 390 Å². The lowest BCUT2D eigenvalue weighted by Crippen LogP contribution is -2.03. The molecule has 0 saturated carbocycles. The summed E-state index contributed by atoms with van der Waals surface area (Å²) in [4.78, 5) is 16.8. The zero-order valence-electron chi connectivity index (χ0n) is 54.3. The van der Waals surface area contributed by atoms with Crippen molar-refractivity contribution < 1.29 is 0 Å². The van der Waals surface area contributed by atoms with E-state index < -0.39 is 0 Å². The van der Waals surface area contributed by atoms with Gasteiger partial charge in [0.1, 0.15) is 11.0 Å². The molecule has 0 amide bonds. The topological polar surface area (TPSA) is 25.8 Å². The minimum absolute atomic E-state index is 1.06. The number of rotatable bonds is 59.